The van der Waals surface area contributed by atoms with Crippen molar-refractivity contribution in [2.75, 3.05) is 37.0 Å². The van der Waals surface area contributed by atoms with Gasteiger partial charge in [-0.05, 0) is 86.3 Å². The van der Waals surface area contributed by atoms with Crippen molar-refractivity contribution in [1.29, 1.82) is 0 Å². The first-order chi connectivity index (χ1) is 13.2. The van der Waals surface area contributed by atoms with Gasteiger partial charge in [-0.25, -0.2) is 0 Å². The Morgan fingerprint density at radius 2 is 1.85 bits per heavy atom. The quantitative estimate of drug-likeness (QED) is 0.628. The van der Waals surface area contributed by atoms with Gasteiger partial charge < -0.3 is 10.2 Å². The lowest BCUT2D eigenvalue weighted by Crippen LogP contribution is -2.38. The minimum Gasteiger partial charge on any atom is -0.326 e. The van der Waals surface area contributed by atoms with Gasteiger partial charge in [-0.3, -0.25) is 4.79 Å². The van der Waals surface area contributed by atoms with E-state index in [-0.39, 0.29) is 11.8 Å². The predicted molar refractivity (Wildman–Crippen MR) is 118 cm³/mol. The number of piperidine rings is 1. The third kappa shape index (κ3) is 6.00. The smallest absolute Gasteiger partial charge is 0.227 e. The normalized spacial score (nSPS) is 15.6. The molecular weight excluding hydrogens is 376 g/mol. The topological polar surface area (TPSA) is 32.3 Å². The SMILES string of the molecule is CSCCCN1CCC(C(=O)Nc2cccc(-c3cccc(Cl)c3)c2)CC1. The summed E-state index contributed by atoms with van der Waals surface area (Å²) in [5, 5.41) is 3.82. The average molecular weight is 403 g/mol. The van der Waals surface area contributed by atoms with Crippen LogP contribution in [0.4, 0.5) is 5.69 Å². The Morgan fingerprint density at radius 1 is 1.15 bits per heavy atom. The van der Waals surface area contributed by atoms with E-state index in [0.717, 1.165) is 49.3 Å². The summed E-state index contributed by atoms with van der Waals surface area (Å²) in [6.07, 6.45) is 5.27. The van der Waals surface area contributed by atoms with Gasteiger partial charge in [-0.1, -0.05) is 35.9 Å². The second-order valence-electron chi connectivity index (χ2n) is 7.04. The van der Waals surface area contributed by atoms with Crippen molar-refractivity contribution >= 4 is 35.0 Å². The summed E-state index contributed by atoms with van der Waals surface area (Å²) < 4.78 is 0. The van der Waals surface area contributed by atoms with Crippen LogP contribution in [0, 0.1) is 5.92 Å². The standard InChI is InChI=1S/C22H27ClN2OS/c1-27-14-4-11-25-12-9-17(10-13-25)22(26)24-21-8-3-6-19(16-21)18-5-2-7-20(23)15-18/h2-3,5-8,15-17H,4,9-14H2,1H3,(H,24,26). The highest BCUT2D eigenvalue weighted by atomic mass is 35.5. The molecule has 0 unspecified atom stereocenters. The molecule has 1 heterocycles. The Morgan fingerprint density at radius 3 is 2.56 bits per heavy atom. The van der Waals surface area contributed by atoms with E-state index in [4.69, 9.17) is 11.6 Å². The summed E-state index contributed by atoms with van der Waals surface area (Å²) in [5.74, 6) is 1.46. The Labute approximate surface area is 171 Å². The van der Waals surface area contributed by atoms with Crippen LogP contribution in [-0.2, 0) is 4.79 Å². The van der Waals surface area contributed by atoms with Crippen molar-refractivity contribution in [2.24, 2.45) is 5.92 Å². The highest BCUT2D eigenvalue weighted by molar-refractivity contribution is 7.98. The van der Waals surface area contributed by atoms with Gasteiger partial charge in [0.2, 0.25) is 5.91 Å². The van der Waals surface area contributed by atoms with Crippen LogP contribution in [0.5, 0.6) is 0 Å². The minimum atomic E-state index is 0.108. The van der Waals surface area contributed by atoms with Crippen molar-refractivity contribution in [3.05, 3.63) is 53.6 Å². The summed E-state index contributed by atoms with van der Waals surface area (Å²) in [7, 11) is 0. The maximum Gasteiger partial charge on any atom is 0.227 e. The number of hydrogen-bond acceptors (Lipinski definition) is 3. The predicted octanol–water partition coefficient (Wildman–Crippen LogP) is 5.41. The van der Waals surface area contributed by atoms with E-state index in [1.165, 1.54) is 12.2 Å². The van der Waals surface area contributed by atoms with Gasteiger partial charge in [0.25, 0.3) is 0 Å². The number of amides is 1. The third-order valence-electron chi connectivity index (χ3n) is 5.07. The summed E-state index contributed by atoms with van der Waals surface area (Å²) in [6, 6.07) is 15.7. The summed E-state index contributed by atoms with van der Waals surface area (Å²) in [6.45, 7) is 3.20. The maximum absolute atomic E-state index is 12.7. The molecule has 3 nitrogen and oxygen atoms in total. The van der Waals surface area contributed by atoms with Crippen LogP contribution < -0.4 is 5.32 Å². The molecular formula is C22H27ClN2OS. The first-order valence-corrected chi connectivity index (χ1v) is 11.3. The molecule has 2 aromatic carbocycles. The molecule has 5 heteroatoms. The number of anilines is 1. The van der Waals surface area contributed by atoms with Crippen LogP contribution in [0.25, 0.3) is 11.1 Å². The number of nitrogens with zero attached hydrogens (tertiary/aromatic N) is 1. The van der Waals surface area contributed by atoms with Crippen molar-refractivity contribution in [1.82, 2.24) is 4.90 Å². The molecule has 1 saturated heterocycles. The summed E-state index contributed by atoms with van der Waals surface area (Å²) in [4.78, 5) is 15.2. The Balaban J connectivity index is 1.55. The number of carbonyl (C=O) groups excluding carboxylic acids is 1. The summed E-state index contributed by atoms with van der Waals surface area (Å²) in [5.41, 5.74) is 2.95. The number of hydrogen-bond donors (Lipinski definition) is 1. The molecule has 0 aliphatic carbocycles. The Kier molecular flexibility index (Phi) is 7.62. The molecule has 1 aliphatic rings. The van der Waals surface area contributed by atoms with Gasteiger partial charge in [-0.2, -0.15) is 11.8 Å². The molecule has 0 bridgehead atoms. The summed E-state index contributed by atoms with van der Waals surface area (Å²) >= 11 is 8.00. The van der Waals surface area contributed by atoms with E-state index < -0.39 is 0 Å². The Hall–Kier alpha value is -1.49. The lowest BCUT2D eigenvalue weighted by molar-refractivity contribution is -0.121. The fourth-order valence-electron chi connectivity index (χ4n) is 3.54. The van der Waals surface area contributed by atoms with E-state index in [1.54, 1.807) is 0 Å². The van der Waals surface area contributed by atoms with E-state index in [9.17, 15) is 4.79 Å². The van der Waals surface area contributed by atoms with E-state index in [2.05, 4.69) is 16.5 Å². The van der Waals surface area contributed by atoms with Crippen molar-refractivity contribution < 1.29 is 4.79 Å². The monoisotopic (exact) mass is 402 g/mol. The molecule has 27 heavy (non-hydrogen) atoms. The molecule has 1 N–H and O–H groups in total. The fraction of sp³-hybridized carbons (Fsp3) is 0.409. The lowest BCUT2D eigenvalue weighted by Gasteiger charge is -2.31. The van der Waals surface area contributed by atoms with Gasteiger partial charge in [0.05, 0.1) is 0 Å². The van der Waals surface area contributed by atoms with E-state index in [1.807, 2.05) is 60.3 Å². The number of nitrogens with one attached hydrogen (secondary N) is 1. The van der Waals surface area contributed by atoms with Crippen LogP contribution in [0.3, 0.4) is 0 Å². The van der Waals surface area contributed by atoms with E-state index in [0.29, 0.717) is 5.02 Å². The van der Waals surface area contributed by atoms with Crippen LogP contribution in [0.15, 0.2) is 48.5 Å². The molecule has 0 spiro atoms. The molecule has 2 aromatic rings. The molecule has 0 atom stereocenters. The lowest BCUT2D eigenvalue weighted by atomic mass is 9.95. The van der Waals surface area contributed by atoms with Crippen molar-refractivity contribution in [3.8, 4) is 11.1 Å². The molecule has 1 fully saturated rings. The third-order valence-corrected chi connectivity index (χ3v) is 6.00. The zero-order valence-corrected chi connectivity index (χ0v) is 17.4. The first-order valence-electron chi connectivity index (χ1n) is 9.54. The molecule has 1 aliphatic heterocycles. The van der Waals surface area contributed by atoms with Gasteiger partial charge in [-0.15, -0.1) is 0 Å². The second kappa shape index (κ2) is 10.2. The van der Waals surface area contributed by atoms with Crippen molar-refractivity contribution in [3.63, 3.8) is 0 Å². The molecule has 0 radical (unpaired) electrons. The number of halogens is 1. The van der Waals surface area contributed by atoms with Crippen LogP contribution >= 0.6 is 23.4 Å². The van der Waals surface area contributed by atoms with Gasteiger partial charge >= 0.3 is 0 Å². The van der Waals surface area contributed by atoms with Crippen LogP contribution in [-0.4, -0.2) is 42.4 Å². The number of carbonyl (C=O) groups is 1. The number of rotatable bonds is 7. The van der Waals surface area contributed by atoms with Crippen LogP contribution in [0.1, 0.15) is 19.3 Å². The first kappa shape index (κ1) is 20.2. The minimum absolute atomic E-state index is 0.108. The van der Waals surface area contributed by atoms with Crippen molar-refractivity contribution in [2.45, 2.75) is 19.3 Å². The molecule has 0 saturated carbocycles. The zero-order chi connectivity index (χ0) is 19.1. The second-order valence-corrected chi connectivity index (χ2v) is 8.46. The van der Waals surface area contributed by atoms with Crippen LogP contribution in [0.2, 0.25) is 5.02 Å². The number of thioether (sulfide) groups is 1. The average Bonchev–Trinajstić information content (AvgIpc) is 2.69. The highest BCUT2D eigenvalue weighted by Gasteiger charge is 2.24. The number of likely N-dealkylation sites (tertiary alicyclic amines) is 1. The van der Waals surface area contributed by atoms with Gasteiger partial charge in [0.15, 0.2) is 0 Å². The van der Waals surface area contributed by atoms with Gasteiger partial charge in [0, 0.05) is 16.6 Å². The van der Waals surface area contributed by atoms with E-state index >= 15 is 0 Å². The largest absolute Gasteiger partial charge is 0.326 e. The molecule has 3 rings (SSSR count). The fourth-order valence-corrected chi connectivity index (χ4v) is 4.15. The number of benzene rings is 2. The van der Waals surface area contributed by atoms with Gasteiger partial charge in [0.1, 0.15) is 0 Å². The Bertz CT molecular complexity index is 759. The zero-order valence-electron chi connectivity index (χ0n) is 15.8. The molecule has 1 amide bonds. The molecule has 0 aromatic heterocycles. The molecule has 144 valence electrons. The maximum atomic E-state index is 12.7. The highest BCUT2D eigenvalue weighted by Crippen LogP contribution is 2.26.